The number of fused-ring (bicyclic) bond motifs is 1. The number of hydrogen-bond donors (Lipinski definition) is 2. The summed E-state index contributed by atoms with van der Waals surface area (Å²) < 4.78 is 10.6. The van der Waals surface area contributed by atoms with Gasteiger partial charge in [-0.2, -0.15) is 0 Å². The molecule has 0 unspecified atom stereocenters. The lowest BCUT2D eigenvalue weighted by atomic mass is 10.2. The Bertz CT molecular complexity index is 850. The first-order chi connectivity index (χ1) is 13.7. The number of hydrogen-bond acceptors (Lipinski definition) is 7. The number of rotatable bonds is 6. The third-order valence-corrected chi connectivity index (χ3v) is 4.71. The van der Waals surface area contributed by atoms with E-state index < -0.39 is 0 Å². The van der Waals surface area contributed by atoms with Crippen molar-refractivity contribution in [2.45, 2.75) is 0 Å². The predicted molar refractivity (Wildman–Crippen MR) is 106 cm³/mol. The molecule has 3 heterocycles. The molecule has 0 radical (unpaired) electrons. The molecule has 28 heavy (non-hydrogen) atoms. The SMILES string of the molecule is C=C(Nc1ccccn1)N1CCN(CC(=O)Nc2ccc3c(c2)OCO3)CC1. The quantitative estimate of drug-likeness (QED) is 0.792. The standard InChI is InChI=1S/C20H23N5O3/c1-15(22-19-4-2-3-7-21-19)25-10-8-24(9-11-25)13-20(26)23-16-5-6-17-18(12-16)28-14-27-17/h2-7,12H,1,8-11,13-14H2,(H,21,22)(H,23,26). The normalized spacial score (nSPS) is 15.9. The highest BCUT2D eigenvalue weighted by atomic mass is 16.7. The summed E-state index contributed by atoms with van der Waals surface area (Å²) in [4.78, 5) is 20.9. The van der Waals surface area contributed by atoms with E-state index in [9.17, 15) is 4.79 Å². The van der Waals surface area contributed by atoms with E-state index >= 15 is 0 Å². The molecule has 4 rings (SSSR count). The Morgan fingerprint density at radius 3 is 2.68 bits per heavy atom. The maximum Gasteiger partial charge on any atom is 0.238 e. The lowest BCUT2D eigenvalue weighted by molar-refractivity contribution is -0.117. The zero-order valence-corrected chi connectivity index (χ0v) is 15.6. The molecule has 2 aliphatic rings. The van der Waals surface area contributed by atoms with Gasteiger partial charge in [0, 0.05) is 44.1 Å². The van der Waals surface area contributed by atoms with Crippen LogP contribution in [0, 0.1) is 0 Å². The van der Waals surface area contributed by atoms with E-state index in [1.807, 2.05) is 24.3 Å². The number of nitrogens with one attached hydrogen (secondary N) is 2. The van der Waals surface area contributed by atoms with E-state index in [2.05, 4.69) is 32.0 Å². The first-order valence-electron chi connectivity index (χ1n) is 9.21. The molecular formula is C20H23N5O3. The van der Waals surface area contributed by atoms with Crippen LogP contribution >= 0.6 is 0 Å². The van der Waals surface area contributed by atoms with Crippen LogP contribution in [0.2, 0.25) is 0 Å². The summed E-state index contributed by atoms with van der Waals surface area (Å²) in [5, 5.41) is 6.14. The Kier molecular flexibility index (Phi) is 5.29. The van der Waals surface area contributed by atoms with Crippen LogP contribution < -0.4 is 20.1 Å². The molecule has 2 aromatic rings. The minimum Gasteiger partial charge on any atom is -0.454 e. The molecule has 8 nitrogen and oxygen atoms in total. The Labute approximate surface area is 163 Å². The summed E-state index contributed by atoms with van der Waals surface area (Å²) >= 11 is 0. The molecule has 0 bridgehead atoms. The van der Waals surface area contributed by atoms with Crippen LogP contribution in [0.4, 0.5) is 11.5 Å². The van der Waals surface area contributed by atoms with Gasteiger partial charge in [-0.25, -0.2) is 4.98 Å². The molecule has 1 aromatic heterocycles. The lowest BCUT2D eigenvalue weighted by Crippen LogP contribution is -2.48. The molecule has 146 valence electrons. The molecule has 2 aliphatic heterocycles. The number of nitrogens with zero attached hydrogens (tertiary/aromatic N) is 3. The summed E-state index contributed by atoms with van der Waals surface area (Å²) in [6, 6.07) is 11.1. The molecule has 0 aliphatic carbocycles. The topological polar surface area (TPSA) is 79.0 Å². The Morgan fingerprint density at radius 1 is 1.07 bits per heavy atom. The number of piperazine rings is 1. The highest BCUT2D eigenvalue weighted by molar-refractivity contribution is 5.92. The van der Waals surface area contributed by atoms with Crippen molar-refractivity contribution in [1.82, 2.24) is 14.8 Å². The summed E-state index contributed by atoms with van der Waals surface area (Å²) in [5.41, 5.74) is 0.709. The van der Waals surface area contributed by atoms with Crippen LogP contribution in [-0.2, 0) is 4.79 Å². The van der Waals surface area contributed by atoms with Gasteiger partial charge in [-0.05, 0) is 24.3 Å². The summed E-state index contributed by atoms with van der Waals surface area (Å²) in [5.74, 6) is 2.91. The number of aromatic nitrogens is 1. The van der Waals surface area contributed by atoms with E-state index in [4.69, 9.17) is 9.47 Å². The van der Waals surface area contributed by atoms with Crippen LogP contribution in [0.15, 0.2) is 55.0 Å². The van der Waals surface area contributed by atoms with Gasteiger partial charge < -0.3 is 25.0 Å². The molecule has 2 N–H and O–H groups in total. The number of carbonyl (C=O) groups is 1. The summed E-state index contributed by atoms with van der Waals surface area (Å²) in [6.07, 6.45) is 1.74. The minimum absolute atomic E-state index is 0.0437. The second-order valence-electron chi connectivity index (χ2n) is 6.67. The van der Waals surface area contributed by atoms with Gasteiger partial charge in [0.05, 0.1) is 12.4 Å². The van der Waals surface area contributed by atoms with Crippen molar-refractivity contribution in [3.05, 3.63) is 55.0 Å². The van der Waals surface area contributed by atoms with E-state index in [0.717, 1.165) is 37.8 Å². The third kappa shape index (κ3) is 4.34. The fourth-order valence-electron chi connectivity index (χ4n) is 3.22. The van der Waals surface area contributed by atoms with Gasteiger partial charge in [0.15, 0.2) is 11.5 Å². The van der Waals surface area contributed by atoms with Crippen molar-refractivity contribution in [1.29, 1.82) is 0 Å². The minimum atomic E-state index is -0.0437. The first-order valence-corrected chi connectivity index (χ1v) is 9.21. The molecule has 1 fully saturated rings. The number of benzene rings is 1. The predicted octanol–water partition coefficient (Wildman–Crippen LogP) is 1.95. The maximum absolute atomic E-state index is 12.4. The highest BCUT2D eigenvalue weighted by Gasteiger charge is 2.20. The van der Waals surface area contributed by atoms with E-state index in [-0.39, 0.29) is 12.7 Å². The number of carbonyl (C=O) groups excluding carboxylic acids is 1. The first kappa shape index (κ1) is 18.1. The average Bonchev–Trinajstić information content (AvgIpc) is 3.17. The maximum atomic E-state index is 12.4. The van der Waals surface area contributed by atoms with Crippen molar-refractivity contribution in [3.8, 4) is 11.5 Å². The zero-order valence-electron chi connectivity index (χ0n) is 15.6. The second kappa shape index (κ2) is 8.18. The molecule has 1 saturated heterocycles. The molecule has 1 amide bonds. The van der Waals surface area contributed by atoms with Crippen molar-refractivity contribution in [3.63, 3.8) is 0 Å². The van der Waals surface area contributed by atoms with Crippen LogP contribution in [0.3, 0.4) is 0 Å². The number of ether oxygens (including phenoxy) is 2. The molecule has 0 spiro atoms. The van der Waals surface area contributed by atoms with Crippen LogP contribution in [0.25, 0.3) is 0 Å². The lowest BCUT2D eigenvalue weighted by Gasteiger charge is -2.36. The molecular weight excluding hydrogens is 358 g/mol. The highest BCUT2D eigenvalue weighted by Crippen LogP contribution is 2.34. The van der Waals surface area contributed by atoms with Crippen molar-refractivity contribution in [2.75, 3.05) is 50.2 Å². The van der Waals surface area contributed by atoms with Crippen molar-refractivity contribution >= 4 is 17.4 Å². The van der Waals surface area contributed by atoms with Crippen LogP contribution in [0.1, 0.15) is 0 Å². The fourth-order valence-corrected chi connectivity index (χ4v) is 3.22. The van der Waals surface area contributed by atoms with E-state index in [1.165, 1.54) is 0 Å². The number of pyridine rings is 1. The summed E-state index contributed by atoms with van der Waals surface area (Å²) in [6.45, 7) is 7.85. The van der Waals surface area contributed by atoms with Gasteiger partial charge in [0.1, 0.15) is 5.82 Å². The van der Waals surface area contributed by atoms with Crippen LogP contribution in [0.5, 0.6) is 11.5 Å². The molecule has 8 heteroatoms. The number of anilines is 2. The van der Waals surface area contributed by atoms with Gasteiger partial charge in [0.2, 0.25) is 12.7 Å². The zero-order chi connectivity index (χ0) is 19.3. The van der Waals surface area contributed by atoms with Gasteiger partial charge >= 0.3 is 0 Å². The fraction of sp³-hybridized carbons (Fsp3) is 0.300. The van der Waals surface area contributed by atoms with Gasteiger partial charge in [-0.3, -0.25) is 9.69 Å². The van der Waals surface area contributed by atoms with Gasteiger partial charge in [-0.1, -0.05) is 12.6 Å². The second-order valence-corrected chi connectivity index (χ2v) is 6.67. The smallest absolute Gasteiger partial charge is 0.238 e. The largest absolute Gasteiger partial charge is 0.454 e. The molecule has 0 atom stereocenters. The van der Waals surface area contributed by atoms with Gasteiger partial charge in [-0.15, -0.1) is 0 Å². The van der Waals surface area contributed by atoms with Crippen molar-refractivity contribution in [2.24, 2.45) is 0 Å². The molecule has 1 aromatic carbocycles. The van der Waals surface area contributed by atoms with E-state index in [0.29, 0.717) is 23.7 Å². The third-order valence-electron chi connectivity index (χ3n) is 4.71. The Hall–Kier alpha value is -3.26. The molecule has 0 saturated carbocycles. The van der Waals surface area contributed by atoms with Gasteiger partial charge in [0.25, 0.3) is 0 Å². The van der Waals surface area contributed by atoms with Crippen molar-refractivity contribution < 1.29 is 14.3 Å². The van der Waals surface area contributed by atoms with E-state index in [1.54, 1.807) is 18.3 Å². The van der Waals surface area contributed by atoms with Crippen LogP contribution in [-0.4, -0.2) is 60.2 Å². The Morgan fingerprint density at radius 2 is 1.89 bits per heavy atom. The average molecular weight is 381 g/mol. The summed E-state index contributed by atoms with van der Waals surface area (Å²) in [7, 11) is 0. The monoisotopic (exact) mass is 381 g/mol. The number of amides is 1. The Balaban J connectivity index is 1.23.